The van der Waals surface area contributed by atoms with E-state index in [9.17, 15) is 5.11 Å². The SMILES string of the molecule is CCCN1CCCC(O)(Cc2c(C)cc(C)cc2C)CC1. The molecule has 2 heteroatoms. The lowest BCUT2D eigenvalue weighted by Gasteiger charge is -2.29. The number of aliphatic hydroxyl groups is 1. The van der Waals surface area contributed by atoms with Gasteiger partial charge in [0.2, 0.25) is 0 Å². The fourth-order valence-electron chi connectivity index (χ4n) is 3.77. The van der Waals surface area contributed by atoms with Crippen LogP contribution in [0.5, 0.6) is 0 Å². The molecular weight excluding hydrogens is 258 g/mol. The molecular formula is C19H31NO. The molecule has 0 aromatic heterocycles. The Morgan fingerprint density at radius 2 is 1.76 bits per heavy atom. The van der Waals surface area contributed by atoms with Gasteiger partial charge in [0.15, 0.2) is 0 Å². The van der Waals surface area contributed by atoms with Gasteiger partial charge in [-0.1, -0.05) is 24.6 Å². The monoisotopic (exact) mass is 289 g/mol. The van der Waals surface area contributed by atoms with Gasteiger partial charge in [0.05, 0.1) is 5.60 Å². The molecule has 21 heavy (non-hydrogen) atoms. The molecule has 1 aliphatic heterocycles. The third-order valence-electron chi connectivity index (χ3n) is 4.90. The molecule has 1 atom stereocenters. The Labute approximate surface area is 130 Å². The first-order valence-corrected chi connectivity index (χ1v) is 8.45. The number of benzene rings is 1. The topological polar surface area (TPSA) is 23.5 Å². The fraction of sp³-hybridized carbons (Fsp3) is 0.684. The molecule has 0 saturated carbocycles. The third kappa shape index (κ3) is 4.31. The molecule has 2 rings (SSSR count). The molecule has 118 valence electrons. The fourth-order valence-corrected chi connectivity index (χ4v) is 3.77. The smallest absolute Gasteiger partial charge is 0.0700 e. The van der Waals surface area contributed by atoms with E-state index in [2.05, 4.69) is 44.7 Å². The Morgan fingerprint density at radius 1 is 1.10 bits per heavy atom. The molecule has 1 heterocycles. The lowest BCUT2D eigenvalue weighted by molar-refractivity contribution is 0.0254. The summed E-state index contributed by atoms with van der Waals surface area (Å²) in [4.78, 5) is 2.51. The first-order valence-electron chi connectivity index (χ1n) is 8.45. The first-order chi connectivity index (χ1) is 9.93. The van der Waals surface area contributed by atoms with Crippen LogP contribution in [0.25, 0.3) is 0 Å². The van der Waals surface area contributed by atoms with Gasteiger partial charge in [-0.3, -0.25) is 0 Å². The maximum Gasteiger partial charge on any atom is 0.0700 e. The molecule has 1 aromatic rings. The average molecular weight is 289 g/mol. The molecule has 0 spiro atoms. The molecule has 1 unspecified atom stereocenters. The largest absolute Gasteiger partial charge is 0.389 e. The summed E-state index contributed by atoms with van der Waals surface area (Å²) in [6.45, 7) is 12.1. The standard InChI is InChI=1S/C19H31NO/c1-5-9-20-10-6-7-19(21,8-11-20)14-18-16(3)12-15(2)13-17(18)4/h12-13,21H,5-11,14H2,1-4H3. The molecule has 0 amide bonds. The van der Waals surface area contributed by atoms with Crippen LogP contribution in [0.3, 0.4) is 0 Å². The van der Waals surface area contributed by atoms with Gasteiger partial charge in [0.25, 0.3) is 0 Å². The van der Waals surface area contributed by atoms with Crippen molar-refractivity contribution in [1.82, 2.24) is 4.90 Å². The molecule has 0 aliphatic carbocycles. The van der Waals surface area contributed by atoms with Crippen molar-refractivity contribution in [3.8, 4) is 0 Å². The van der Waals surface area contributed by atoms with Gasteiger partial charge in [-0.2, -0.15) is 0 Å². The maximum atomic E-state index is 11.1. The van der Waals surface area contributed by atoms with E-state index in [0.717, 1.165) is 38.8 Å². The maximum absolute atomic E-state index is 11.1. The minimum Gasteiger partial charge on any atom is -0.389 e. The molecule has 1 aliphatic rings. The molecule has 1 N–H and O–H groups in total. The zero-order chi connectivity index (χ0) is 15.5. The van der Waals surface area contributed by atoms with Gasteiger partial charge in [-0.15, -0.1) is 0 Å². The second-order valence-electron chi connectivity index (χ2n) is 6.97. The van der Waals surface area contributed by atoms with Crippen LogP contribution < -0.4 is 0 Å². The molecule has 2 nitrogen and oxygen atoms in total. The van der Waals surface area contributed by atoms with Gasteiger partial charge in [0, 0.05) is 13.0 Å². The second kappa shape index (κ2) is 6.93. The summed E-state index contributed by atoms with van der Waals surface area (Å²) >= 11 is 0. The first kappa shape index (κ1) is 16.5. The zero-order valence-corrected chi connectivity index (χ0v) is 14.2. The lowest BCUT2D eigenvalue weighted by atomic mass is 9.84. The highest BCUT2D eigenvalue weighted by Gasteiger charge is 2.31. The number of hydrogen-bond donors (Lipinski definition) is 1. The van der Waals surface area contributed by atoms with Crippen LogP contribution in [0, 0.1) is 20.8 Å². The summed E-state index contributed by atoms with van der Waals surface area (Å²) < 4.78 is 0. The Balaban J connectivity index is 2.11. The molecule has 1 fully saturated rings. The predicted octanol–water partition coefficient (Wildman–Crippen LogP) is 3.78. The van der Waals surface area contributed by atoms with Crippen molar-refractivity contribution in [2.45, 2.75) is 65.4 Å². The van der Waals surface area contributed by atoms with Crippen LogP contribution >= 0.6 is 0 Å². The van der Waals surface area contributed by atoms with Crippen molar-refractivity contribution >= 4 is 0 Å². The Hall–Kier alpha value is -0.860. The van der Waals surface area contributed by atoms with Gasteiger partial charge in [-0.25, -0.2) is 0 Å². The molecule has 1 aromatic carbocycles. The predicted molar refractivity (Wildman–Crippen MR) is 89.9 cm³/mol. The quantitative estimate of drug-likeness (QED) is 0.912. The number of nitrogens with zero attached hydrogens (tertiary/aromatic N) is 1. The van der Waals surface area contributed by atoms with Crippen molar-refractivity contribution in [2.75, 3.05) is 19.6 Å². The van der Waals surface area contributed by atoms with Crippen molar-refractivity contribution in [3.05, 3.63) is 34.4 Å². The van der Waals surface area contributed by atoms with E-state index >= 15 is 0 Å². The van der Waals surface area contributed by atoms with Crippen molar-refractivity contribution in [2.24, 2.45) is 0 Å². The van der Waals surface area contributed by atoms with E-state index in [-0.39, 0.29) is 0 Å². The summed E-state index contributed by atoms with van der Waals surface area (Å²) in [5.41, 5.74) is 4.81. The van der Waals surface area contributed by atoms with E-state index < -0.39 is 5.60 Å². The summed E-state index contributed by atoms with van der Waals surface area (Å²) in [5.74, 6) is 0. The van der Waals surface area contributed by atoms with Gasteiger partial charge < -0.3 is 10.0 Å². The van der Waals surface area contributed by atoms with E-state index in [1.165, 1.54) is 35.2 Å². The highest BCUT2D eigenvalue weighted by atomic mass is 16.3. The van der Waals surface area contributed by atoms with Crippen LogP contribution in [0.15, 0.2) is 12.1 Å². The van der Waals surface area contributed by atoms with Crippen LogP contribution in [0.4, 0.5) is 0 Å². The summed E-state index contributed by atoms with van der Waals surface area (Å²) in [7, 11) is 0. The summed E-state index contributed by atoms with van der Waals surface area (Å²) in [5, 5.41) is 11.1. The Kier molecular flexibility index (Phi) is 5.45. The highest BCUT2D eigenvalue weighted by molar-refractivity contribution is 5.38. The number of aryl methyl sites for hydroxylation is 3. The van der Waals surface area contributed by atoms with Gasteiger partial charge in [0.1, 0.15) is 0 Å². The second-order valence-corrected chi connectivity index (χ2v) is 6.97. The van der Waals surface area contributed by atoms with Gasteiger partial charge in [-0.05, 0) is 76.2 Å². The van der Waals surface area contributed by atoms with E-state index in [1.54, 1.807) is 0 Å². The van der Waals surface area contributed by atoms with E-state index in [0.29, 0.717) is 0 Å². The van der Waals surface area contributed by atoms with Crippen molar-refractivity contribution < 1.29 is 5.11 Å². The van der Waals surface area contributed by atoms with E-state index in [4.69, 9.17) is 0 Å². The van der Waals surface area contributed by atoms with Crippen molar-refractivity contribution in [3.63, 3.8) is 0 Å². The van der Waals surface area contributed by atoms with Crippen LogP contribution in [0.1, 0.15) is 54.9 Å². The zero-order valence-electron chi connectivity index (χ0n) is 14.2. The Bertz CT molecular complexity index is 459. The minimum absolute atomic E-state index is 0.521. The number of likely N-dealkylation sites (tertiary alicyclic amines) is 1. The van der Waals surface area contributed by atoms with Gasteiger partial charge >= 0.3 is 0 Å². The Morgan fingerprint density at radius 3 is 2.38 bits per heavy atom. The van der Waals surface area contributed by atoms with Crippen LogP contribution in [-0.2, 0) is 6.42 Å². The van der Waals surface area contributed by atoms with Crippen LogP contribution in [-0.4, -0.2) is 35.2 Å². The van der Waals surface area contributed by atoms with Crippen molar-refractivity contribution in [1.29, 1.82) is 0 Å². The van der Waals surface area contributed by atoms with E-state index in [1.807, 2.05) is 0 Å². The number of hydrogen-bond acceptors (Lipinski definition) is 2. The van der Waals surface area contributed by atoms with Crippen LogP contribution in [0.2, 0.25) is 0 Å². The molecule has 0 radical (unpaired) electrons. The highest BCUT2D eigenvalue weighted by Crippen LogP contribution is 2.29. The summed E-state index contributed by atoms with van der Waals surface area (Å²) in [6, 6.07) is 4.48. The minimum atomic E-state index is -0.521. The average Bonchev–Trinajstić information content (AvgIpc) is 2.58. The lowest BCUT2D eigenvalue weighted by Crippen LogP contribution is -2.34. The molecule has 0 bridgehead atoms. The summed E-state index contributed by atoms with van der Waals surface area (Å²) in [6.07, 6.45) is 4.96. The molecule has 1 saturated heterocycles. The number of rotatable bonds is 4. The normalized spacial score (nSPS) is 24.0. The third-order valence-corrected chi connectivity index (χ3v) is 4.90.